The molecule has 3 saturated carbocycles. The molecule has 1 aromatic heterocycles. The van der Waals surface area contributed by atoms with Gasteiger partial charge in [-0.15, -0.1) is 11.3 Å². The van der Waals surface area contributed by atoms with Gasteiger partial charge < -0.3 is 10.2 Å². The molecule has 4 aliphatic carbocycles. The zero-order valence-corrected chi connectivity index (χ0v) is 23.7. The predicted molar refractivity (Wildman–Crippen MR) is 151 cm³/mol. The van der Waals surface area contributed by atoms with E-state index in [4.69, 9.17) is 4.84 Å². The molecule has 0 unspecified atom stereocenters. The van der Waals surface area contributed by atoms with Gasteiger partial charge in [-0.1, -0.05) is 31.2 Å². The summed E-state index contributed by atoms with van der Waals surface area (Å²) >= 11 is 1.64. The van der Waals surface area contributed by atoms with E-state index in [-0.39, 0.29) is 18.4 Å². The number of aliphatic hydroxyl groups is 2. The summed E-state index contributed by atoms with van der Waals surface area (Å²) < 4.78 is 33.3. The average Bonchev–Trinajstić information content (AvgIpc) is 3.67. The highest BCUT2D eigenvalue weighted by Gasteiger charge is 2.79. The first-order valence-corrected chi connectivity index (χ1v) is 15.1. The molecule has 0 bridgehead atoms. The molecule has 5 aliphatic rings. The number of nitrogens with zero attached hydrogens (tertiary/aromatic N) is 1. The Morgan fingerprint density at radius 2 is 1.93 bits per heavy atom. The highest BCUT2D eigenvalue weighted by atomic mass is 32.1. The Bertz CT molecular complexity index is 1480. The topological polar surface area (TPSA) is 87.1 Å². The normalized spacial score (nSPS) is 42.8. The fraction of sp³-hybridized carbons (Fsp3) is 0.500. The van der Waals surface area contributed by atoms with Crippen molar-refractivity contribution >= 4 is 28.6 Å². The molecular formula is C32H33F2NO5S. The molecule has 2 heterocycles. The lowest BCUT2D eigenvalue weighted by atomic mass is 9.44. The molecule has 1 saturated heterocycles. The molecular weight excluding hydrogens is 548 g/mol. The molecule has 9 atom stereocenters. The number of benzene rings is 1. The maximum Gasteiger partial charge on any atom is 0.193 e. The van der Waals surface area contributed by atoms with E-state index in [1.54, 1.807) is 23.3 Å². The van der Waals surface area contributed by atoms with Crippen molar-refractivity contribution in [1.29, 1.82) is 0 Å². The van der Waals surface area contributed by atoms with E-state index in [0.717, 1.165) is 16.1 Å². The lowest BCUT2D eigenvalue weighted by molar-refractivity contribution is -0.228. The van der Waals surface area contributed by atoms with Crippen LogP contribution in [0.1, 0.15) is 33.1 Å². The summed E-state index contributed by atoms with van der Waals surface area (Å²) in [5.74, 6) is -2.69. The molecule has 1 aromatic carbocycles. The number of hydrogen-bond donors (Lipinski definition) is 2. The van der Waals surface area contributed by atoms with Gasteiger partial charge in [0, 0.05) is 27.5 Å². The van der Waals surface area contributed by atoms with Crippen molar-refractivity contribution in [1.82, 2.24) is 0 Å². The van der Waals surface area contributed by atoms with Crippen LogP contribution in [0.4, 0.5) is 14.5 Å². The van der Waals surface area contributed by atoms with Gasteiger partial charge >= 0.3 is 0 Å². The van der Waals surface area contributed by atoms with Gasteiger partial charge in [0.15, 0.2) is 22.8 Å². The molecule has 0 amide bonds. The first kappa shape index (κ1) is 27.1. The number of halogens is 2. The van der Waals surface area contributed by atoms with Crippen molar-refractivity contribution in [3.05, 3.63) is 65.6 Å². The number of allylic oxidation sites excluding steroid dienone is 4. The SMILES string of the molecule is C[C@]12C=CC(=O)C=C1[C@@H](F)C[C@H]1[C@@H]3C[C@H]4CN(c5ccc(-c6cccs6)cc5)O[C@@]4(C(=O)CO)[C@@]3(C)C[C@H](O)[C@@]12F. The summed E-state index contributed by atoms with van der Waals surface area (Å²) in [6, 6.07) is 11.9. The highest BCUT2D eigenvalue weighted by molar-refractivity contribution is 7.13. The lowest BCUT2D eigenvalue weighted by Gasteiger charge is -2.63. The monoisotopic (exact) mass is 581 g/mol. The van der Waals surface area contributed by atoms with Gasteiger partial charge in [-0.25, -0.2) is 8.78 Å². The quantitative estimate of drug-likeness (QED) is 0.528. The summed E-state index contributed by atoms with van der Waals surface area (Å²) in [7, 11) is 0. The number of hydroxylamine groups is 1. The van der Waals surface area contributed by atoms with Crippen molar-refractivity contribution in [2.24, 2.45) is 28.6 Å². The van der Waals surface area contributed by atoms with E-state index in [1.165, 1.54) is 18.2 Å². The second-order valence-corrected chi connectivity index (χ2v) is 13.7. The molecule has 2 N–H and O–H groups in total. The van der Waals surface area contributed by atoms with Crippen LogP contribution in [0.15, 0.2) is 65.6 Å². The van der Waals surface area contributed by atoms with Crippen LogP contribution < -0.4 is 5.06 Å². The van der Waals surface area contributed by atoms with Crippen LogP contribution in [0.25, 0.3) is 10.4 Å². The maximum absolute atomic E-state index is 17.5. The number of hydrogen-bond acceptors (Lipinski definition) is 7. The van der Waals surface area contributed by atoms with Crippen LogP contribution in [0.5, 0.6) is 0 Å². The van der Waals surface area contributed by atoms with Gasteiger partial charge in [0.2, 0.25) is 0 Å². The van der Waals surface area contributed by atoms with Crippen molar-refractivity contribution in [3.63, 3.8) is 0 Å². The number of carbonyl (C=O) groups excluding carboxylic acids is 2. The number of thiophene rings is 1. The largest absolute Gasteiger partial charge is 0.390 e. The van der Waals surface area contributed by atoms with Gasteiger partial charge in [0.1, 0.15) is 12.8 Å². The number of anilines is 1. The second kappa shape index (κ2) is 8.89. The fourth-order valence-corrected chi connectivity index (χ4v) is 9.99. The van der Waals surface area contributed by atoms with Gasteiger partial charge in [0.25, 0.3) is 0 Å². The van der Waals surface area contributed by atoms with Crippen LogP contribution in [0.3, 0.4) is 0 Å². The molecule has 0 radical (unpaired) electrons. The minimum atomic E-state index is -2.23. The van der Waals surface area contributed by atoms with E-state index in [2.05, 4.69) is 0 Å². The number of Topliss-reactive ketones (excluding diaryl/α,β-unsaturated/α-hetero) is 1. The Morgan fingerprint density at radius 1 is 1.17 bits per heavy atom. The third-order valence-electron chi connectivity index (χ3n) is 11.1. The van der Waals surface area contributed by atoms with Crippen molar-refractivity contribution in [2.45, 2.75) is 56.7 Å². The number of rotatable bonds is 4. The summed E-state index contributed by atoms with van der Waals surface area (Å²) in [5.41, 5.74) is -4.41. The van der Waals surface area contributed by atoms with Crippen LogP contribution in [0, 0.1) is 28.6 Å². The van der Waals surface area contributed by atoms with Crippen LogP contribution >= 0.6 is 11.3 Å². The lowest BCUT2D eigenvalue weighted by Crippen LogP contribution is -2.70. The number of carbonyl (C=O) groups is 2. The van der Waals surface area contributed by atoms with Crippen molar-refractivity contribution in [3.8, 4) is 10.4 Å². The predicted octanol–water partition coefficient (Wildman–Crippen LogP) is 5.01. The molecule has 0 spiro atoms. The third-order valence-corrected chi connectivity index (χ3v) is 12.1. The Morgan fingerprint density at radius 3 is 2.61 bits per heavy atom. The van der Waals surface area contributed by atoms with Gasteiger partial charge in [-0.3, -0.25) is 19.5 Å². The van der Waals surface area contributed by atoms with E-state index in [0.29, 0.717) is 13.0 Å². The Balaban J connectivity index is 1.27. The molecule has 1 aliphatic heterocycles. The van der Waals surface area contributed by atoms with Gasteiger partial charge in [-0.2, -0.15) is 0 Å². The van der Waals surface area contributed by atoms with Crippen LogP contribution in [0.2, 0.25) is 0 Å². The van der Waals surface area contributed by atoms with Gasteiger partial charge in [0.05, 0.1) is 18.3 Å². The second-order valence-electron chi connectivity index (χ2n) is 12.8. The molecule has 6 nitrogen and oxygen atoms in total. The van der Waals surface area contributed by atoms with Crippen LogP contribution in [-0.2, 0) is 14.4 Å². The first-order chi connectivity index (χ1) is 19.5. The number of fused-ring (bicyclic) bond motifs is 7. The molecule has 41 heavy (non-hydrogen) atoms. The number of aliphatic hydroxyl groups excluding tert-OH is 2. The van der Waals surface area contributed by atoms with E-state index in [9.17, 15) is 19.8 Å². The van der Waals surface area contributed by atoms with E-state index in [1.807, 2.05) is 48.7 Å². The standard InChI is InChI=1S/C32H33F2NO5S/c1-29-10-9-21(37)13-24(29)25(33)14-23-22-12-19-16-35(20-7-5-18(6-8-20)26-4-3-11-41-26)40-32(19,28(39)17-36)30(22,2)15-27(38)31(23,29)34/h3-11,13,19,22-23,25,27,36,38H,12,14-17H2,1-2H3/t19-,22-,23-,25-,27-,29-,30-,31-,32-/m0/s1. The molecule has 4 fully saturated rings. The molecule has 216 valence electrons. The Hall–Kier alpha value is -2.72. The van der Waals surface area contributed by atoms with Crippen molar-refractivity contribution < 1.29 is 33.4 Å². The number of ketones is 2. The number of alkyl halides is 2. The van der Waals surface area contributed by atoms with E-state index >= 15 is 8.78 Å². The molecule has 9 heteroatoms. The zero-order valence-electron chi connectivity index (χ0n) is 22.9. The van der Waals surface area contributed by atoms with Gasteiger partial charge in [-0.05, 0) is 79.0 Å². The van der Waals surface area contributed by atoms with Crippen molar-refractivity contribution in [2.75, 3.05) is 18.2 Å². The third kappa shape index (κ3) is 3.32. The summed E-state index contributed by atoms with van der Waals surface area (Å²) in [5, 5.41) is 25.5. The highest BCUT2D eigenvalue weighted by Crippen LogP contribution is 2.72. The summed E-state index contributed by atoms with van der Waals surface area (Å²) in [4.78, 5) is 33.5. The minimum Gasteiger partial charge on any atom is -0.390 e. The zero-order chi connectivity index (χ0) is 28.9. The Kier molecular flexibility index (Phi) is 5.89. The average molecular weight is 582 g/mol. The smallest absolute Gasteiger partial charge is 0.193 e. The van der Waals surface area contributed by atoms with E-state index < -0.39 is 70.3 Å². The van der Waals surface area contributed by atoms with Crippen LogP contribution in [-0.4, -0.2) is 58.5 Å². The summed E-state index contributed by atoms with van der Waals surface area (Å²) in [6.07, 6.45) is 0.843. The molecule has 2 aromatic rings. The Labute approximate surface area is 241 Å². The maximum atomic E-state index is 17.5. The fourth-order valence-electron chi connectivity index (χ4n) is 9.25. The minimum absolute atomic E-state index is 0.0687. The summed E-state index contributed by atoms with van der Waals surface area (Å²) in [6.45, 7) is 2.98. The first-order valence-electron chi connectivity index (χ1n) is 14.2. The molecule has 7 rings (SSSR count).